The predicted molar refractivity (Wildman–Crippen MR) is 94.6 cm³/mol. The van der Waals surface area contributed by atoms with Gasteiger partial charge in [-0.25, -0.2) is 0 Å². The van der Waals surface area contributed by atoms with Crippen molar-refractivity contribution < 1.29 is 19.7 Å². The number of esters is 1. The molecule has 140 valence electrons. The molecule has 0 aromatic heterocycles. The van der Waals surface area contributed by atoms with Crippen LogP contribution in [0.2, 0.25) is 0 Å². The van der Waals surface area contributed by atoms with Crippen LogP contribution in [-0.4, -0.2) is 35.0 Å². The smallest absolute Gasteiger partial charge is 0.302 e. The number of carbonyl (C=O) groups is 1. The maximum Gasteiger partial charge on any atom is 0.302 e. The monoisotopic (exact) mass is 348 g/mol. The molecule has 0 radical (unpaired) electrons. The van der Waals surface area contributed by atoms with E-state index in [0.717, 1.165) is 50.5 Å². The average molecular weight is 348 g/mol. The number of aliphatic hydroxyl groups is 2. The molecule has 4 saturated carbocycles. The molecule has 0 aromatic rings. The molecule has 4 nitrogen and oxygen atoms in total. The lowest BCUT2D eigenvalue weighted by atomic mass is 9.43. The van der Waals surface area contributed by atoms with E-state index < -0.39 is 0 Å². The summed E-state index contributed by atoms with van der Waals surface area (Å²) >= 11 is 0. The molecule has 1 spiro atoms. The van der Waals surface area contributed by atoms with Gasteiger partial charge in [0.15, 0.2) is 0 Å². The zero-order valence-corrected chi connectivity index (χ0v) is 15.5. The fourth-order valence-electron chi connectivity index (χ4n) is 7.65. The highest BCUT2D eigenvalue weighted by molar-refractivity contribution is 5.66. The Morgan fingerprint density at radius 1 is 1.32 bits per heavy atom. The fraction of sp³-hybridized carbons (Fsp3) is 0.857. The Bertz CT molecular complexity index is 586. The summed E-state index contributed by atoms with van der Waals surface area (Å²) in [4.78, 5) is 11.5. The summed E-state index contributed by atoms with van der Waals surface area (Å²) in [6.45, 7) is 8.19. The maximum absolute atomic E-state index is 11.5. The van der Waals surface area contributed by atoms with Crippen molar-refractivity contribution in [2.45, 2.75) is 71.0 Å². The minimum absolute atomic E-state index is 0.0145. The van der Waals surface area contributed by atoms with E-state index in [0.29, 0.717) is 17.8 Å². The first-order chi connectivity index (χ1) is 11.8. The zero-order valence-electron chi connectivity index (χ0n) is 15.5. The van der Waals surface area contributed by atoms with Gasteiger partial charge in [0.2, 0.25) is 0 Å². The van der Waals surface area contributed by atoms with Crippen molar-refractivity contribution in [3.05, 3.63) is 12.2 Å². The molecule has 4 aliphatic rings. The molecule has 4 heteroatoms. The van der Waals surface area contributed by atoms with Crippen LogP contribution in [0.25, 0.3) is 0 Å². The summed E-state index contributed by atoms with van der Waals surface area (Å²) in [6, 6.07) is 0. The molecule has 4 aliphatic carbocycles. The quantitative estimate of drug-likeness (QED) is 0.594. The van der Waals surface area contributed by atoms with Crippen molar-refractivity contribution in [3.8, 4) is 0 Å². The Morgan fingerprint density at radius 2 is 2.08 bits per heavy atom. The van der Waals surface area contributed by atoms with Crippen molar-refractivity contribution in [1.82, 2.24) is 0 Å². The maximum atomic E-state index is 11.5. The minimum Gasteiger partial charge on any atom is -0.463 e. The summed E-state index contributed by atoms with van der Waals surface area (Å²) in [7, 11) is 0. The molecule has 25 heavy (non-hydrogen) atoms. The summed E-state index contributed by atoms with van der Waals surface area (Å²) in [5, 5.41) is 21.1. The van der Waals surface area contributed by atoms with E-state index in [1.54, 1.807) is 0 Å². The van der Waals surface area contributed by atoms with Gasteiger partial charge in [0.05, 0.1) is 6.10 Å². The largest absolute Gasteiger partial charge is 0.463 e. The Hall–Kier alpha value is -0.870. The highest BCUT2D eigenvalue weighted by Gasteiger charge is 2.66. The molecule has 2 bridgehead atoms. The number of hydrogen-bond acceptors (Lipinski definition) is 4. The molecule has 0 aliphatic heterocycles. The number of hydrogen-bond donors (Lipinski definition) is 2. The Labute approximate surface area is 150 Å². The number of fused-ring (bicyclic) bond motifs is 3. The van der Waals surface area contributed by atoms with Crippen LogP contribution in [0.4, 0.5) is 0 Å². The second kappa shape index (κ2) is 5.82. The molecule has 0 heterocycles. The molecule has 8 unspecified atom stereocenters. The molecule has 4 fully saturated rings. The second-order valence-corrected chi connectivity index (χ2v) is 9.51. The van der Waals surface area contributed by atoms with Crippen molar-refractivity contribution in [1.29, 1.82) is 0 Å². The van der Waals surface area contributed by atoms with Crippen molar-refractivity contribution in [2.24, 2.45) is 34.5 Å². The van der Waals surface area contributed by atoms with Gasteiger partial charge < -0.3 is 14.9 Å². The van der Waals surface area contributed by atoms with Crippen molar-refractivity contribution >= 4 is 5.97 Å². The van der Waals surface area contributed by atoms with Gasteiger partial charge in [-0.3, -0.25) is 4.79 Å². The predicted octanol–water partition coefficient (Wildman–Crippen LogP) is 3.07. The number of aliphatic hydroxyl groups excluding tert-OH is 2. The third-order valence-corrected chi connectivity index (χ3v) is 8.48. The van der Waals surface area contributed by atoms with Gasteiger partial charge in [-0.15, -0.1) is 0 Å². The van der Waals surface area contributed by atoms with Gasteiger partial charge in [-0.2, -0.15) is 0 Å². The van der Waals surface area contributed by atoms with E-state index in [4.69, 9.17) is 4.74 Å². The molecule has 0 amide bonds. The SMILES string of the molecule is C=C1C2CCC3C4(C)CC(OC(C)=O)CC(CO)C4CCC3(C2)C1O. The molecule has 0 saturated heterocycles. The van der Waals surface area contributed by atoms with Gasteiger partial charge in [-0.1, -0.05) is 13.5 Å². The molecule has 0 aromatic carbocycles. The highest BCUT2D eigenvalue weighted by Crippen LogP contribution is 2.70. The summed E-state index contributed by atoms with van der Waals surface area (Å²) in [6.07, 6.45) is 6.56. The first kappa shape index (κ1) is 17.5. The molecular formula is C21H32O4. The van der Waals surface area contributed by atoms with E-state index in [1.165, 1.54) is 6.92 Å². The summed E-state index contributed by atoms with van der Waals surface area (Å²) < 4.78 is 5.61. The van der Waals surface area contributed by atoms with E-state index in [-0.39, 0.29) is 41.5 Å². The topological polar surface area (TPSA) is 66.8 Å². The van der Waals surface area contributed by atoms with Crippen LogP contribution in [0.5, 0.6) is 0 Å². The van der Waals surface area contributed by atoms with Crippen molar-refractivity contribution in [3.63, 3.8) is 0 Å². The number of carbonyl (C=O) groups excluding carboxylic acids is 1. The standard InChI is InChI=1S/C21H32O4/c1-12-14-4-5-18-20(3)10-16(25-13(2)23)8-15(11-22)17(20)6-7-21(18,9-14)19(12)24/h14-19,22,24H,1,4-11H2,2-3H3. The lowest BCUT2D eigenvalue weighted by Crippen LogP contribution is -2.59. The molecule has 2 N–H and O–H groups in total. The van der Waals surface area contributed by atoms with Crippen LogP contribution < -0.4 is 0 Å². The fourth-order valence-corrected chi connectivity index (χ4v) is 7.65. The van der Waals surface area contributed by atoms with E-state index >= 15 is 0 Å². The Morgan fingerprint density at radius 3 is 2.76 bits per heavy atom. The van der Waals surface area contributed by atoms with Crippen LogP contribution in [0.1, 0.15) is 58.8 Å². The zero-order chi connectivity index (χ0) is 18.0. The van der Waals surface area contributed by atoms with Crippen LogP contribution in [0, 0.1) is 34.5 Å². The van der Waals surface area contributed by atoms with Crippen LogP contribution in [-0.2, 0) is 9.53 Å². The third kappa shape index (κ3) is 2.36. The first-order valence-corrected chi connectivity index (χ1v) is 9.96. The van der Waals surface area contributed by atoms with Gasteiger partial charge >= 0.3 is 5.97 Å². The first-order valence-electron chi connectivity index (χ1n) is 9.96. The van der Waals surface area contributed by atoms with E-state index in [2.05, 4.69) is 13.5 Å². The highest BCUT2D eigenvalue weighted by atomic mass is 16.5. The second-order valence-electron chi connectivity index (χ2n) is 9.51. The number of ether oxygens (including phenoxy) is 1. The summed E-state index contributed by atoms with van der Waals surface area (Å²) in [5.41, 5.74) is 1.03. The van der Waals surface area contributed by atoms with Gasteiger partial charge in [0, 0.05) is 18.9 Å². The third-order valence-electron chi connectivity index (χ3n) is 8.48. The van der Waals surface area contributed by atoms with Gasteiger partial charge in [0.1, 0.15) is 6.10 Å². The molecule has 8 atom stereocenters. The van der Waals surface area contributed by atoms with E-state index in [9.17, 15) is 15.0 Å². The Kier molecular flexibility index (Phi) is 4.08. The molecular weight excluding hydrogens is 316 g/mol. The summed E-state index contributed by atoms with van der Waals surface area (Å²) in [5.74, 6) is 1.33. The minimum atomic E-state index is -0.385. The lowest BCUT2D eigenvalue weighted by Gasteiger charge is -2.62. The average Bonchev–Trinajstić information content (AvgIpc) is 2.73. The lowest BCUT2D eigenvalue weighted by molar-refractivity contribution is -0.186. The van der Waals surface area contributed by atoms with E-state index in [1.807, 2.05) is 0 Å². The van der Waals surface area contributed by atoms with Gasteiger partial charge in [0.25, 0.3) is 0 Å². The van der Waals surface area contributed by atoms with Crippen LogP contribution in [0.3, 0.4) is 0 Å². The van der Waals surface area contributed by atoms with Gasteiger partial charge in [-0.05, 0) is 79.6 Å². The Balaban J connectivity index is 1.70. The molecule has 4 rings (SSSR count). The van der Waals surface area contributed by atoms with Crippen LogP contribution >= 0.6 is 0 Å². The number of rotatable bonds is 2. The van der Waals surface area contributed by atoms with Crippen LogP contribution in [0.15, 0.2) is 12.2 Å². The van der Waals surface area contributed by atoms with Crippen molar-refractivity contribution in [2.75, 3.05) is 6.61 Å². The normalized spacial score (nSPS) is 51.6.